The average molecular weight is 302 g/mol. The molecule has 1 aromatic rings. The maximum atomic E-state index is 12.9. The van der Waals surface area contributed by atoms with E-state index in [0.717, 1.165) is 11.8 Å². The van der Waals surface area contributed by atoms with Crippen molar-refractivity contribution in [1.29, 1.82) is 0 Å². The Bertz CT molecular complexity index is 630. The van der Waals surface area contributed by atoms with E-state index < -0.39 is 5.41 Å². The molecule has 0 aliphatic heterocycles. The summed E-state index contributed by atoms with van der Waals surface area (Å²) in [7, 11) is 1.54. The van der Waals surface area contributed by atoms with Gasteiger partial charge in [-0.25, -0.2) is 0 Å². The highest BCUT2D eigenvalue weighted by molar-refractivity contribution is 6.11. The first-order valence-electron chi connectivity index (χ1n) is 7.45. The van der Waals surface area contributed by atoms with Gasteiger partial charge in [0.2, 0.25) is 0 Å². The molecule has 0 spiro atoms. The van der Waals surface area contributed by atoms with Crippen LogP contribution < -0.4 is 4.74 Å². The van der Waals surface area contributed by atoms with Gasteiger partial charge in [-0.2, -0.15) is 0 Å². The minimum atomic E-state index is -1.12. The number of benzene rings is 1. The fraction of sp³-hybridized carbons (Fsp3) is 0.500. The molecular formula is C18H22O4. The summed E-state index contributed by atoms with van der Waals surface area (Å²) in [4.78, 5) is 36.0. The summed E-state index contributed by atoms with van der Waals surface area (Å²) in [5.41, 5.74) is 0.0340. The van der Waals surface area contributed by atoms with E-state index in [1.807, 2.05) is 26.0 Å². The lowest BCUT2D eigenvalue weighted by Gasteiger charge is -2.42. The summed E-state index contributed by atoms with van der Waals surface area (Å²) in [6, 6.07) is 5.42. The Morgan fingerprint density at radius 2 is 2.05 bits per heavy atom. The number of carbonyl (C=O) groups excluding carboxylic acids is 3. The summed E-state index contributed by atoms with van der Waals surface area (Å²) in [6.45, 7) is 5.53. The molecular weight excluding hydrogens is 280 g/mol. The highest BCUT2D eigenvalue weighted by Crippen LogP contribution is 2.47. The summed E-state index contributed by atoms with van der Waals surface area (Å²) < 4.78 is 5.20. The second-order valence-corrected chi connectivity index (χ2v) is 6.78. The number of fused-ring (bicyclic) bond motifs is 1. The number of Topliss-reactive ketones (excluding diaryl/α,β-unsaturated/α-hetero) is 2. The number of ether oxygens (including phenoxy) is 1. The molecule has 0 saturated carbocycles. The van der Waals surface area contributed by atoms with Crippen LogP contribution in [0.5, 0.6) is 5.75 Å². The second kappa shape index (κ2) is 5.67. The Hall–Kier alpha value is -1.97. The molecule has 0 fully saturated rings. The first-order valence-corrected chi connectivity index (χ1v) is 7.45. The van der Waals surface area contributed by atoms with Gasteiger partial charge >= 0.3 is 0 Å². The van der Waals surface area contributed by atoms with Gasteiger partial charge in [-0.1, -0.05) is 19.9 Å². The van der Waals surface area contributed by atoms with Crippen molar-refractivity contribution in [2.45, 2.75) is 45.4 Å². The molecule has 1 aliphatic rings. The Morgan fingerprint density at radius 1 is 1.36 bits per heavy atom. The Balaban J connectivity index is 2.55. The lowest BCUT2D eigenvalue weighted by molar-refractivity contribution is -0.119. The van der Waals surface area contributed by atoms with Gasteiger partial charge in [0.25, 0.3) is 0 Å². The Morgan fingerprint density at radius 3 is 2.59 bits per heavy atom. The quantitative estimate of drug-likeness (QED) is 0.619. The van der Waals surface area contributed by atoms with Gasteiger partial charge in [-0.3, -0.25) is 4.79 Å². The Labute approximate surface area is 130 Å². The maximum Gasteiger partial charge on any atom is 0.176 e. The topological polar surface area (TPSA) is 60.4 Å². The van der Waals surface area contributed by atoms with Crippen LogP contribution in [0.4, 0.5) is 0 Å². The third-order valence-corrected chi connectivity index (χ3v) is 4.56. The molecule has 0 radical (unpaired) electrons. The van der Waals surface area contributed by atoms with Crippen LogP contribution in [0.15, 0.2) is 18.2 Å². The van der Waals surface area contributed by atoms with Crippen LogP contribution in [0.25, 0.3) is 0 Å². The zero-order chi connectivity index (χ0) is 16.5. The van der Waals surface area contributed by atoms with Gasteiger partial charge in [0, 0.05) is 12.0 Å². The summed E-state index contributed by atoms with van der Waals surface area (Å²) in [5.74, 6) is 0.386. The number of rotatable bonds is 5. The molecule has 0 N–H and O–H groups in total. The SMILES string of the molecule is COc1ccc2c(c1)C(=O)C(C=O)(CCC(C)=O)CC2(C)C. The van der Waals surface area contributed by atoms with Crippen LogP contribution >= 0.6 is 0 Å². The van der Waals surface area contributed by atoms with Crippen molar-refractivity contribution in [2.75, 3.05) is 7.11 Å². The largest absolute Gasteiger partial charge is 0.497 e. The lowest BCUT2D eigenvalue weighted by Crippen LogP contribution is -2.45. The van der Waals surface area contributed by atoms with E-state index in [0.29, 0.717) is 17.7 Å². The van der Waals surface area contributed by atoms with Crippen molar-refractivity contribution in [3.8, 4) is 5.75 Å². The smallest absolute Gasteiger partial charge is 0.176 e. The van der Waals surface area contributed by atoms with E-state index in [9.17, 15) is 14.4 Å². The fourth-order valence-electron chi connectivity index (χ4n) is 3.42. The molecule has 2 rings (SSSR count). The van der Waals surface area contributed by atoms with Crippen LogP contribution in [0, 0.1) is 5.41 Å². The van der Waals surface area contributed by atoms with E-state index in [-0.39, 0.29) is 29.8 Å². The van der Waals surface area contributed by atoms with Crippen LogP contribution in [0.2, 0.25) is 0 Å². The molecule has 0 saturated heterocycles. The van der Waals surface area contributed by atoms with E-state index >= 15 is 0 Å². The number of carbonyl (C=O) groups is 3. The molecule has 0 heterocycles. The zero-order valence-corrected chi connectivity index (χ0v) is 13.6. The standard InChI is InChI=1S/C18H22O4/c1-12(20)7-8-18(11-19)10-17(2,3)15-6-5-13(22-4)9-14(15)16(18)21/h5-6,9,11H,7-8,10H2,1-4H3. The fourth-order valence-corrected chi connectivity index (χ4v) is 3.42. The maximum absolute atomic E-state index is 12.9. The average Bonchev–Trinajstić information content (AvgIpc) is 2.49. The molecule has 4 heteroatoms. The predicted molar refractivity (Wildman–Crippen MR) is 83.4 cm³/mol. The predicted octanol–water partition coefficient (Wildman–Crippen LogP) is 3.11. The monoisotopic (exact) mass is 302 g/mol. The first kappa shape index (κ1) is 16.4. The van der Waals surface area contributed by atoms with Gasteiger partial charge in [0.1, 0.15) is 17.8 Å². The normalized spacial score (nSPS) is 22.8. The van der Waals surface area contributed by atoms with Gasteiger partial charge in [0.05, 0.1) is 12.5 Å². The third-order valence-electron chi connectivity index (χ3n) is 4.56. The molecule has 1 aromatic carbocycles. The Kier molecular flexibility index (Phi) is 4.23. The molecule has 4 nitrogen and oxygen atoms in total. The molecule has 1 atom stereocenters. The summed E-state index contributed by atoms with van der Waals surface area (Å²) >= 11 is 0. The van der Waals surface area contributed by atoms with E-state index in [1.54, 1.807) is 13.2 Å². The molecule has 0 bridgehead atoms. The first-order chi connectivity index (χ1) is 10.3. The van der Waals surface area contributed by atoms with Crippen molar-refractivity contribution < 1.29 is 19.1 Å². The van der Waals surface area contributed by atoms with Crippen LogP contribution in [0.1, 0.15) is 56.0 Å². The van der Waals surface area contributed by atoms with Crippen molar-refractivity contribution in [2.24, 2.45) is 5.41 Å². The molecule has 1 aliphatic carbocycles. The molecule has 0 amide bonds. The molecule has 1 unspecified atom stereocenters. The van der Waals surface area contributed by atoms with Crippen LogP contribution in [-0.4, -0.2) is 25.0 Å². The number of hydrogen-bond donors (Lipinski definition) is 0. The lowest BCUT2D eigenvalue weighted by atomic mass is 9.59. The van der Waals surface area contributed by atoms with Crippen molar-refractivity contribution in [1.82, 2.24) is 0 Å². The minimum Gasteiger partial charge on any atom is -0.497 e. The number of aldehydes is 1. The van der Waals surface area contributed by atoms with Gasteiger partial charge < -0.3 is 14.3 Å². The van der Waals surface area contributed by atoms with Gasteiger partial charge in [0.15, 0.2) is 5.78 Å². The second-order valence-electron chi connectivity index (χ2n) is 6.78. The summed E-state index contributed by atoms with van der Waals surface area (Å²) in [6.07, 6.45) is 1.67. The van der Waals surface area contributed by atoms with E-state index in [1.165, 1.54) is 6.92 Å². The van der Waals surface area contributed by atoms with Crippen LogP contribution in [0.3, 0.4) is 0 Å². The van der Waals surface area contributed by atoms with Gasteiger partial charge in [-0.15, -0.1) is 0 Å². The number of methoxy groups -OCH3 is 1. The number of hydrogen-bond acceptors (Lipinski definition) is 4. The number of ketones is 2. The van der Waals surface area contributed by atoms with Crippen molar-refractivity contribution in [3.05, 3.63) is 29.3 Å². The highest BCUT2D eigenvalue weighted by Gasteiger charge is 2.49. The van der Waals surface area contributed by atoms with Gasteiger partial charge in [-0.05, 0) is 42.9 Å². The van der Waals surface area contributed by atoms with Crippen molar-refractivity contribution >= 4 is 17.9 Å². The molecule has 0 aromatic heterocycles. The summed E-state index contributed by atoms with van der Waals surface area (Å²) in [5, 5.41) is 0. The zero-order valence-electron chi connectivity index (χ0n) is 13.6. The van der Waals surface area contributed by atoms with E-state index in [4.69, 9.17) is 4.74 Å². The molecule has 118 valence electrons. The van der Waals surface area contributed by atoms with Crippen LogP contribution in [-0.2, 0) is 15.0 Å². The third kappa shape index (κ3) is 2.70. The highest BCUT2D eigenvalue weighted by atomic mass is 16.5. The van der Waals surface area contributed by atoms with E-state index in [2.05, 4.69) is 0 Å². The van der Waals surface area contributed by atoms with Crippen molar-refractivity contribution in [3.63, 3.8) is 0 Å². The minimum absolute atomic E-state index is 0.0109. The molecule has 22 heavy (non-hydrogen) atoms.